The average molecular weight is 212 g/mol. The summed E-state index contributed by atoms with van der Waals surface area (Å²) >= 11 is 0. The van der Waals surface area contributed by atoms with E-state index in [1.165, 1.54) is 12.8 Å². The van der Waals surface area contributed by atoms with Gasteiger partial charge in [0.25, 0.3) is 0 Å². The number of nitrogens with one attached hydrogen (secondary N) is 2. The first kappa shape index (κ1) is 11.8. The summed E-state index contributed by atoms with van der Waals surface area (Å²) in [6.45, 7) is 2.17. The monoisotopic (exact) mass is 212 g/mol. The second-order valence-electron chi connectivity index (χ2n) is 3.91. The average Bonchev–Trinajstić information content (AvgIpc) is 2.44. The zero-order valence-electron chi connectivity index (χ0n) is 9.09. The molecule has 5 nitrogen and oxygen atoms in total. The number of nitrogens with zero attached hydrogens (tertiary/aromatic N) is 1. The molecule has 0 radical (unpaired) electrons. The van der Waals surface area contributed by atoms with E-state index in [0.717, 1.165) is 25.9 Å². The lowest BCUT2D eigenvalue weighted by atomic mass is 10.2. The Morgan fingerprint density at radius 1 is 1.27 bits per heavy atom. The maximum absolute atomic E-state index is 11.6. The molecule has 1 aliphatic heterocycles. The summed E-state index contributed by atoms with van der Waals surface area (Å²) in [6.07, 6.45) is 5.06. The quantitative estimate of drug-likeness (QED) is 0.480. The Kier molecular flexibility index (Phi) is 4.93. The number of carbonyl (C=O) groups excluding carboxylic acids is 1. The number of hydrogen-bond acceptors (Lipinski definition) is 2. The molecular weight excluding hydrogens is 192 g/mol. The molecule has 5 heteroatoms. The number of amidine groups is 1. The van der Waals surface area contributed by atoms with Gasteiger partial charge in [-0.1, -0.05) is 12.8 Å². The van der Waals surface area contributed by atoms with Crippen LogP contribution in [0.2, 0.25) is 0 Å². The minimum atomic E-state index is -0.0156. The Bertz CT molecular complexity index is 221. The van der Waals surface area contributed by atoms with E-state index in [4.69, 9.17) is 11.1 Å². The zero-order chi connectivity index (χ0) is 11.1. The van der Waals surface area contributed by atoms with Gasteiger partial charge in [0.05, 0.1) is 5.84 Å². The first-order valence-corrected chi connectivity index (χ1v) is 5.56. The van der Waals surface area contributed by atoms with Crippen molar-refractivity contribution in [1.29, 1.82) is 5.41 Å². The van der Waals surface area contributed by atoms with Gasteiger partial charge < -0.3 is 16.0 Å². The molecule has 0 bridgehead atoms. The molecule has 0 aromatic carbocycles. The van der Waals surface area contributed by atoms with E-state index in [-0.39, 0.29) is 11.9 Å². The van der Waals surface area contributed by atoms with E-state index in [0.29, 0.717) is 13.0 Å². The van der Waals surface area contributed by atoms with Crippen LogP contribution in [0.3, 0.4) is 0 Å². The lowest BCUT2D eigenvalue weighted by Crippen LogP contribution is -2.41. The predicted molar refractivity (Wildman–Crippen MR) is 60.0 cm³/mol. The molecule has 0 aromatic rings. The highest BCUT2D eigenvalue weighted by molar-refractivity contribution is 5.78. The molecule has 86 valence electrons. The highest BCUT2D eigenvalue weighted by atomic mass is 16.2. The molecule has 0 aromatic heterocycles. The van der Waals surface area contributed by atoms with Crippen LogP contribution in [0.4, 0.5) is 4.79 Å². The Morgan fingerprint density at radius 2 is 1.87 bits per heavy atom. The minimum absolute atomic E-state index is 0.0156. The number of nitrogens with two attached hydrogens (primary N) is 1. The van der Waals surface area contributed by atoms with Crippen molar-refractivity contribution < 1.29 is 4.79 Å². The van der Waals surface area contributed by atoms with E-state index >= 15 is 0 Å². The highest BCUT2D eigenvalue weighted by Crippen LogP contribution is 2.09. The van der Waals surface area contributed by atoms with Crippen molar-refractivity contribution in [3.63, 3.8) is 0 Å². The number of hydrogen-bond donors (Lipinski definition) is 3. The molecule has 0 saturated carbocycles. The fraction of sp³-hybridized carbons (Fsp3) is 0.800. The molecule has 0 atom stereocenters. The summed E-state index contributed by atoms with van der Waals surface area (Å²) in [5, 5.41) is 9.81. The van der Waals surface area contributed by atoms with Crippen molar-refractivity contribution in [1.82, 2.24) is 10.2 Å². The topological polar surface area (TPSA) is 82.2 Å². The summed E-state index contributed by atoms with van der Waals surface area (Å²) < 4.78 is 0. The molecule has 4 N–H and O–H groups in total. The Labute approximate surface area is 90.5 Å². The van der Waals surface area contributed by atoms with Gasteiger partial charge >= 0.3 is 6.03 Å². The molecule has 15 heavy (non-hydrogen) atoms. The first-order chi connectivity index (χ1) is 7.20. The molecule has 1 heterocycles. The maximum Gasteiger partial charge on any atom is 0.317 e. The van der Waals surface area contributed by atoms with Crippen LogP contribution >= 0.6 is 0 Å². The van der Waals surface area contributed by atoms with E-state index in [9.17, 15) is 4.79 Å². The molecule has 2 amide bonds. The van der Waals surface area contributed by atoms with E-state index in [1.54, 1.807) is 0 Å². The summed E-state index contributed by atoms with van der Waals surface area (Å²) in [4.78, 5) is 13.5. The van der Waals surface area contributed by atoms with Gasteiger partial charge in [0.1, 0.15) is 0 Å². The van der Waals surface area contributed by atoms with Crippen LogP contribution in [-0.2, 0) is 0 Å². The second-order valence-corrected chi connectivity index (χ2v) is 3.91. The predicted octanol–water partition coefficient (Wildman–Crippen LogP) is 0.898. The van der Waals surface area contributed by atoms with Gasteiger partial charge in [0, 0.05) is 26.1 Å². The number of rotatable bonds is 3. The lowest BCUT2D eigenvalue weighted by molar-refractivity contribution is 0.200. The molecular formula is C10H20N4O. The number of amides is 2. The van der Waals surface area contributed by atoms with Crippen LogP contribution < -0.4 is 11.1 Å². The molecule has 0 spiro atoms. The van der Waals surface area contributed by atoms with Crippen LogP contribution in [0.1, 0.15) is 32.1 Å². The third kappa shape index (κ3) is 4.67. The van der Waals surface area contributed by atoms with E-state index < -0.39 is 0 Å². The second kappa shape index (κ2) is 6.27. The van der Waals surface area contributed by atoms with Crippen LogP contribution in [0.25, 0.3) is 0 Å². The standard InChI is InChI=1S/C10H20N4O/c11-9(12)5-6-13-10(15)14-7-3-1-2-4-8-14/h1-8H2,(H3,11,12)(H,13,15). The van der Waals surface area contributed by atoms with Gasteiger partial charge in [0.15, 0.2) is 0 Å². The number of urea groups is 1. The summed E-state index contributed by atoms with van der Waals surface area (Å²) in [6, 6.07) is -0.0156. The smallest absolute Gasteiger partial charge is 0.317 e. The molecule has 1 rings (SSSR count). The van der Waals surface area contributed by atoms with Crippen molar-refractivity contribution in [3.8, 4) is 0 Å². The van der Waals surface area contributed by atoms with Crippen molar-refractivity contribution in [3.05, 3.63) is 0 Å². The van der Waals surface area contributed by atoms with Crippen LogP contribution in [0.15, 0.2) is 0 Å². The van der Waals surface area contributed by atoms with Gasteiger partial charge in [-0.15, -0.1) is 0 Å². The van der Waals surface area contributed by atoms with Crippen LogP contribution in [0, 0.1) is 5.41 Å². The molecule has 1 aliphatic rings. The highest BCUT2D eigenvalue weighted by Gasteiger charge is 2.14. The van der Waals surface area contributed by atoms with Crippen molar-refractivity contribution in [2.45, 2.75) is 32.1 Å². The molecule has 0 unspecified atom stereocenters. The Morgan fingerprint density at radius 3 is 2.40 bits per heavy atom. The van der Waals surface area contributed by atoms with Gasteiger partial charge in [-0.25, -0.2) is 4.79 Å². The minimum Gasteiger partial charge on any atom is -0.388 e. The van der Waals surface area contributed by atoms with Crippen LogP contribution in [-0.4, -0.2) is 36.4 Å². The van der Waals surface area contributed by atoms with E-state index in [2.05, 4.69) is 5.32 Å². The van der Waals surface area contributed by atoms with Crippen molar-refractivity contribution in [2.75, 3.05) is 19.6 Å². The maximum atomic E-state index is 11.6. The summed E-state index contributed by atoms with van der Waals surface area (Å²) in [5.41, 5.74) is 5.20. The third-order valence-electron chi connectivity index (χ3n) is 2.56. The first-order valence-electron chi connectivity index (χ1n) is 5.56. The normalized spacial score (nSPS) is 16.9. The molecule has 1 saturated heterocycles. The molecule has 0 aliphatic carbocycles. The van der Waals surface area contributed by atoms with E-state index in [1.807, 2.05) is 4.90 Å². The van der Waals surface area contributed by atoms with Gasteiger partial charge in [-0.2, -0.15) is 0 Å². The summed E-state index contributed by atoms with van der Waals surface area (Å²) in [5.74, 6) is 0.117. The number of likely N-dealkylation sites (tertiary alicyclic amines) is 1. The fourth-order valence-corrected chi connectivity index (χ4v) is 1.69. The van der Waals surface area contributed by atoms with Crippen molar-refractivity contribution in [2.24, 2.45) is 5.73 Å². The largest absolute Gasteiger partial charge is 0.388 e. The zero-order valence-corrected chi connectivity index (χ0v) is 9.09. The van der Waals surface area contributed by atoms with Gasteiger partial charge in [-0.05, 0) is 12.8 Å². The molecule has 1 fully saturated rings. The lowest BCUT2D eigenvalue weighted by Gasteiger charge is -2.20. The van der Waals surface area contributed by atoms with Gasteiger partial charge in [0.2, 0.25) is 0 Å². The summed E-state index contributed by atoms with van der Waals surface area (Å²) in [7, 11) is 0. The van der Waals surface area contributed by atoms with Crippen LogP contribution in [0.5, 0.6) is 0 Å². The Balaban J connectivity index is 2.22. The SMILES string of the molecule is N=C(N)CCNC(=O)N1CCCCCC1. The Hall–Kier alpha value is -1.26. The third-order valence-corrected chi connectivity index (χ3v) is 2.56. The number of carbonyl (C=O) groups is 1. The fourth-order valence-electron chi connectivity index (χ4n) is 1.69. The van der Waals surface area contributed by atoms with Crippen molar-refractivity contribution >= 4 is 11.9 Å². The van der Waals surface area contributed by atoms with Gasteiger partial charge in [-0.3, -0.25) is 5.41 Å².